The van der Waals surface area contributed by atoms with Gasteiger partial charge in [-0.1, -0.05) is 30.3 Å². The molecule has 2 aromatic carbocycles. The van der Waals surface area contributed by atoms with E-state index in [2.05, 4.69) is 5.32 Å². The molecule has 37 heavy (non-hydrogen) atoms. The highest BCUT2D eigenvalue weighted by atomic mass is 16.8. The van der Waals surface area contributed by atoms with E-state index < -0.39 is 42.0 Å². The highest BCUT2D eigenvalue weighted by molar-refractivity contribution is 5.94. The molecule has 1 N–H and O–H groups in total. The van der Waals surface area contributed by atoms with Crippen LogP contribution in [0.15, 0.2) is 57.7 Å². The number of anilines is 1. The van der Waals surface area contributed by atoms with Crippen LogP contribution in [0.2, 0.25) is 0 Å². The van der Waals surface area contributed by atoms with E-state index in [0.717, 1.165) is 5.56 Å². The average Bonchev–Trinajstić information content (AvgIpc) is 3.23. The van der Waals surface area contributed by atoms with Gasteiger partial charge in [0.15, 0.2) is 6.10 Å². The predicted molar refractivity (Wildman–Crippen MR) is 132 cm³/mol. The van der Waals surface area contributed by atoms with Crippen molar-refractivity contribution in [3.05, 3.63) is 70.1 Å². The Morgan fingerprint density at radius 2 is 1.78 bits per heavy atom. The monoisotopic (exact) mass is 509 g/mol. The maximum absolute atomic E-state index is 12.7. The smallest absolute Gasteiger partial charge is 0.460 e. The van der Waals surface area contributed by atoms with Gasteiger partial charge >= 0.3 is 11.8 Å². The zero-order valence-electron chi connectivity index (χ0n) is 20.8. The molecule has 0 unspecified atom stereocenters. The molecule has 0 aliphatic carbocycles. The Labute approximate surface area is 212 Å². The van der Waals surface area contributed by atoms with Crippen molar-refractivity contribution in [3.8, 4) is 5.75 Å². The first-order chi connectivity index (χ1) is 17.7. The first-order valence-corrected chi connectivity index (χ1v) is 11.8. The molecular weight excluding hydrogens is 482 g/mol. The minimum atomic E-state index is -0.989. The van der Waals surface area contributed by atoms with E-state index >= 15 is 0 Å². The van der Waals surface area contributed by atoms with Crippen LogP contribution in [0, 0.1) is 6.92 Å². The van der Waals surface area contributed by atoms with Crippen molar-refractivity contribution in [2.45, 2.75) is 57.4 Å². The summed E-state index contributed by atoms with van der Waals surface area (Å²) in [5.74, 6) is 0.0405. The number of methoxy groups -OCH3 is 1. The van der Waals surface area contributed by atoms with E-state index in [1.54, 1.807) is 39.0 Å². The Morgan fingerprint density at radius 3 is 2.51 bits per heavy atom. The van der Waals surface area contributed by atoms with Crippen LogP contribution in [-0.2, 0) is 30.2 Å². The Morgan fingerprint density at radius 1 is 1.05 bits per heavy atom. The van der Waals surface area contributed by atoms with Crippen molar-refractivity contribution in [1.82, 2.24) is 0 Å². The Balaban J connectivity index is 1.38. The number of ether oxygens (including phenoxy) is 5. The fourth-order valence-electron chi connectivity index (χ4n) is 4.79. The zero-order chi connectivity index (χ0) is 26.3. The van der Waals surface area contributed by atoms with Crippen molar-refractivity contribution < 1.29 is 37.7 Å². The molecule has 10 nitrogen and oxygen atoms in total. The molecular formula is C27H27NO9. The maximum Gasteiger partial charge on any atom is 0.509 e. The second kappa shape index (κ2) is 9.53. The summed E-state index contributed by atoms with van der Waals surface area (Å²) in [5, 5.41) is 3.22. The molecule has 5 rings (SSSR count). The molecule has 0 spiro atoms. The highest BCUT2D eigenvalue weighted by Crippen LogP contribution is 2.39. The van der Waals surface area contributed by atoms with Gasteiger partial charge in [-0.3, -0.25) is 4.79 Å². The van der Waals surface area contributed by atoms with Gasteiger partial charge in [-0.05, 0) is 44.5 Å². The molecule has 194 valence electrons. The minimum absolute atomic E-state index is 0.0438. The van der Waals surface area contributed by atoms with E-state index in [-0.39, 0.29) is 18.0 Å². The summed E-state index contributed by atoms with van der Waals surface area (Å²) in [5.41, 5.74) is 0.165. The van der Waals surface area contributed by atoms with Gasteiger partial charge in [0.05, 0.1) is 12.0 Å². The van der Waals surface area contributed by atoms with Crippen molar-refractivity contribution in [2.75, 3.05) is 12.4 Å². The van der Waals surface area contributed by atoms with Gasteiger partial charge < -0.3 is 33.4 Å². The zero-order valence-corrected chi connectivity index (χ0v) is 20.8. The van der Waals surface area contributed by atoms with Gasteiger partial charge in [0.2, 0.25) is 18.3 Å². The number of nitrogens with one attached hydrogen (secondary N) is 1. The number of rotatable bonds is 6. The standard InChI is InChI=1S/C27H27NO9/c1-14-18(33-25-22-21(35-26(31)36-22)23(32-4)27(2,3)37-25)11-10-16-13-17(24(30)34-20(14)16)28-19(29)12-15-8-6-5-7-9-15/h5-11,13,21-23,25H,12H2,1-4H3,(H,28,29)/t21-,22+,23-,25-/m1/s1. The minimum Gasteiger partial charge on any atom is -0.460 e. The Hall–Kier alpha value is -3.89. The van der Waals surface area contributed by atoms with Crippen LogP contribution in [0.5, 0.6) is 5.75 Å². The maximum atomic E-state index is 12.7. The summed E-state index contributed by atoms with van der Waals surface area (Å²) in [6.07, 6.45) is -3.81. The summed E-state index contributed by atoms with van der Waals surface area (Å²) >= 11 is 0. The van der Waals surface area contributed by atoms with E-state index in [0.29, 0.717) is 22.3 Å². The SMILES string of the molecule is CO[C@@H]1[C@@H]2OC(=O)O[C@@H]2[C@H](Oc2ccc3cc(NC(=O)Cc4ccccc4)c(=O)oc3c2C)OC1(C)C. The Kier molecular flexibility index (Phi) is 6.38. The van der Waals surface area contributed by atoms with Gasteiger partial charge in [-0.25, -0.2) is 9.59 Å². The molecule has 0 bridgehead atoms. The molecule has 10 heteroatoms. The number of carbonyl (C=O) groups is 2. The highest BCUT2D eigenvalue weighted by Gasteiger charge is 2.59. The molecule has 2 fully saturated rings. The molecule has 1 amide bonds. The van der Waals surface area contributed by atoms with Crippen LogP contribution in [0.4, 0.5) is 10.5 Å². The first-order valence-electron chi connectivity index (χ1n) is 11.8. The van der Waals surface area contributed by atoms with Gasteiger partial charge in [0, 0.05) is 18.1 Å². The summed E-state index contributed by atoms with van der Waals surface area (Å²) in [6, 6.07) is 14.2. The Bertz CT molecular complexity index is 1400. The van der Waals surface area contributed by atoms with E-state index in [4.69, 9.17) is 28.1 Å². The molecule has 2 saturated heterocycles. The molecule has 3 aromatic rings. The van der Waals surface area contributed by atoms with Crippen LogP contribution in [0.3, 0.4) is 0 Å². The van der Waals surface area contributed by atoms with E-state index in [9.17, 15) is 14.4 Å². The summed E-state index contributed by atoms with van der Waals surface area (Å²) < 4.78 is 33.9. The predicted octanol–water partition coefficient (Wildman–Crippen LogP) is 3.72. The van der Waals surface area contributed by atoms with E-state index in [1.165, 1.54) is 7.11 Å². The third-order valence-corrected chi connectivity index (χ3v) is 6.54. The van der Waals surface area contributed by atoms with E-state index in [1.807, 2.05) is 30.3 Å². The fourth-order valence-corrected chi connectivity index (χ4v) is 4.79. The average molecular weight is 510 g/mol. The quantitative estimate of drug-likeness (QED) is 0.391. The van der Waals surface area contributed by atoms with Gasteiger partial charge in [-0.2, -0.15) is 0 Å². The molecule has 1 aromatic heterocycles. The van der Waals surface area contributed by atoms with Crippen molar-refractivity contribution in [1.29, 1.82) is 0 Å². The van der Waals surface area contributed by atoms with Crippen LogP contribution in [0.25, 0.3) is 11.0 Å². The molecule has 2 aliphatic rings. The third-order valence-electron chi connectivity index (χ3n) is 6.54. The largest absolute Gasteiger partial charge is 0.509 e. The molecule has 3 heterocycles. The first kappa shape index (κ1) is 24.8. The lowest BCUT2D eigenvalue weighted by molar-refractivity contribution is -0.282. The lowest BCUT2D eigenvalue weighted by atomic mass is 9.89. The van der Waals surface area contributed by atoms with Crippen LogP contribution in [0.1, 0.15) is 25.0 Å². The summed E-state index contributed by atoms with van der Waals surface area (Å²) in [4.78, 5) is 37.0. The molecule has 0 radical (unpaired) electrons. The van der Waals surface area contributed by atoms with Crippen LogP contribution < -0.4 is 15.7 Å². The topological polar surface area (TPSA) is 123 Å². The number of amides is 1. The van der Waals surface area contributed by atoms with Crippen molar-refractivity contribution >= 4 is 28.7 Å². The van der Waals surface area contributed by atoms with Gasteiger partial charge in [-0.15, -0.1) is 0 Å². The molecule has 0 saturated carbocycles. The van der Waals surface area contributed by atoms with Gasteiger partial charge in [0.1, 0.15) is 23.1 Å². The number of hydrogen-bond donors (Lipinski definition) is 1. The fraction of sp³-hybridized carbons (Fsp3) is 0.370. The van der Waals surface area contributed by atoms with Gasteiger partial charge in [0.25, 0.3) is 0 Å². The van der Waals surface area contributed by atoms with Crippen molar-refractivity contribution in [2.24, 2.45) is 0 Å². The number of aryl methyl sites for hydroxylation is 1. The summed E-state index contributed by atoms with van der Waals surface area (Å²) in [6.45, 7) is 5.34. The van der Waals surface area contributed by atoms with Crippen molar-refractivity contribution in [3.63, 3.8) is 0 Å². The molecule has 4 atom stereocenters. The lowest BCUT2D eigenvalue weighted by Gasteiger charge is -2.45. The second-order valence-corrected chi connectivity index (χ2v) is 9.54. The van der Waals surface area contributed by atoms with Crippen LogP contribution >= 0.6 is 0 Å². The summed E-state index contributed by atoms with van der Waals surface area (Å²) in [7, 11) is 1.51. The third kappa shape index (κ3) is 4.77. The number of fused-ring (bicyclic) bond motifs is 2. The lowest BCUT2D eigenvalue weighted by Crippen LogP contribution is -2.62. The molecule has 2 aliphatic heterocycles. The number of benzene rings is 2. The number of hydrogen-bond acceptors (Lipinski definition) is 9. The second-order valence-electron chi connectivity index (χ2n) is 9.54. The van der Waals surface area contributed by atoms with Crippen LogP contribution in [-0.4, -0.2) is 49.4 Å². The normalized spacial score (nSPS) is 24.2. The number of carbonyl (C=O) groups excluding carboxylic acids is 2.